The summed E-state index contributed by atoms with van der Waals surface area (Å²) < 4.78 is 0. The molecule has 1 aliphatic carbocycles. The van der Waals surface area contributed by atoms with Crippen molar-refractivity contribution in [1.29, 1.82) is 0 Å². The van der Waals surface area contributed by atoms with Crippen molar-refractivity contribution in [2.24, 2.45) is 5.73 Å². The van der Waals surface area contributed by atoms with E-state index in [0.29, 0.717) is 25.7 Å². The van der Waals surface area contributed by atoms with Crippen LogP contribution >= 0.6 is 0 Å². The largest absolute Gasteiger partial charge is 0.352 e. The van der Waals surface area contributed by atoms with E-state index in [2.05, 4.69) is 10.2 Å². The highest BCUT2D eigenvalue weighted by Gasteiger charge is 2.31. The molecular weight excluding hydrogens is 244 g/mol. The van der Waals surface area contributed by atoms with Gasteiger partial charge in [0.25, 0.3) is 0 Å². The average molecular weight is 268 g/mol. The molecule has 3 N–H and O–H groups in total. The Balaban J connectivity index is 1.72. The van der Waals surface area contributed by atoms with Gasteiger partial charge in [0.1, 0.15) is 0 Å². The van der Waals surface area contributed by atoms with Crippen molar-refractivity contribution in [2.75, 3.05) is 32.7 Å². The van der Waals surface area contributed by atoms with Crippen LogP contribution in [-0.2, 0) is 9.59 Å². The second-order valence-corrected chi connectivity index (χ2v) is 6.13. The second-order valence-electron chi connectivity index (χ2n) is 6.13. The summed E-state index contributed by atoms with van der Waals surface area (Å²) in [6.45, 7) is 6.66. The Morgan fingerprint density at radius 2 is 1.79 bits per heavy atom. The van der Waals surface area contributed by atoms with Gasteiger partial charge in [0.2, 0.25) is 11.8 Å². The number of carbonyl (C=O) groups is 2. The van der Waals surface area contributed by atoms with E-state index in [4.69, 9.17) is 5.73 Å². The molecule has 6 heteroatoms. The zero-order chi connectivity index (χ0) is 14.0. The van der Waals surface area contributed by atoms with Gasteiger partial charge in [0.05, 0.1) is 12.1 Å². The minimum atomic E-state index is -0.814. The Labute approximate surface area is 114 Å². The van der Waals surface area contributed by atoms with Crippen LogP contribution in [0.3, 0.4) is 0 Å². The first-order valence-electron chi connectivity index (χ1n) is 6.96. The monoisotopic (exact) mass is 268 g/mol. The molecule has 0 radical (unpaired) electrons. The molecule has 2 amide bonds. The highest BCUT2D eigenvalue weighted by atomic mass is 16.2. The molecule has 0 unspecified atom stereocenters. The number of hydrogen-bond donors (Lipinski definition) is 2. The maximum absolute atomic E-state index is 12.0. The molecule has 0 spiro atoms. The van der Waals surface area contributed by atoms with Crippen molar-refractivity contribution >= 4 is 11.8 Å². The molecule has 19 heavy (non-hydrogen) atoms. The molecule has 0 aromatic carbocycles. The molecule has 6 nitrogen and oxygen atoms in total. The van der Waals surface area contributed by atoms with Gasteiger partial charge in [-0.3, -0.25) is 14.5 Å². The third-order valence-electron chi connectivity index (χ3n) is 3.52. The highest BCUT2D eigenvalue weighted by Crippen LogP contribution is 2.18. The van der Waals surface area contributed by atoms with E-state index in [0.717, 1.165) is 25.9 Å². The number of nitrogens with zero attached hydrogens (tertiary/aromatic N) is 2. The molecule has 108 valence electrons. The van der Waals surface area contributed by atoms with E-state index in [1.807, 2.05) is 0 Å². The lowest BCUT2D eigenvalue weighted by molar-refractivity contribution is -0.137. The average Bonchev–Trinajstić information content (AvgIpc) is 3.11. The Bertz CT molecular complexity index is 352. The van der Waals surface area contributed by atoms with Crippen LogP contribution in [0.5, 0.6) is 0 Å². The van der Waals surface area contributed by atoms with Gasteiger partial charge in [-0.05, 0) is 26.7 Å². The fraction of sp³-hybridized carbons (Fsp3) is 0.846. The zero-order valence-electron chi connectivity index (χ0n) is 11.8. The Morgan fingerprint density at radius 1 is 1.21 bits per heavy atom. The minimum Gasteiger partial charge on any atom is -0.352 e. The number of piperazine rings is 1. The number of amides is 2. The molecule has 0 aromatic heterocycles. The predicted octanol–water partition coefficient (Wildman–Crippen LogP) is -0.853. The van der Waals surface area contributed by atoms with E-state index in [1.54, 1.807) is 18.7 Å². The summed E-state index contributed by atoms with van der Waals surface area (Å²) in [6, 6.07) is 0.411. The second kappa shape index (κ2) is 5.46. The third-order valence-corrected chi connectivity index (χ3v) is 3.52. The van der Waals surface area contributed by atoms with Crippen molar-refractivity contribution in [3.05, 3.63) is 0 Å². The van der Waals surface area contributed by atoms with Crippen molar-refractivity contribution in [1.82, 2.24) is 15.1 Å². The molecule has 1 saturated heterocycles. The van der Waals surface area contributed by atoms with Gasteiger partial charge in [-0.1, -0.05) is 0 Å². The fourth-order valence-electron chi connectivity index (χ4n) is 2.22. The van der Waals surface area contributed by atoms with Crippen LogP contribution in [0.4, 0.5) is 0 Å². The number of rotatable bonds is 4. The van der Waals surface area contributed by atoms with Crippen molar-refractivity contribution in [3.8, 4) is 0 Å². The van der Waals surface area contributed by atoms with E-state index < -0.39 is 5.54 Å². The summed E-state index contributed by atoms with van der Waals surface area (Å²) in [5.41, 5.74) is 5.00. The predicted molar refractivity (Wildman–Crippen MR) is 72.5 cm³/mol. The van der Waals surface area contributed by atoms with Crippen molar-refractivity contribution in [3.63, 3.8) is 0 Å². The molecule has 2 fully saturated rings. The fourth-order valence-corrected chi connectivity index (χ4v) is 2.22. The van der Waals surface area contributed by atoms with E-state index in [9.17, 15) is 9.59 Å². The maximum atomic E-state index is 12.0. The molecule has 0 bridgehead atoms. The van der Waals surface area contributed by atoms with Crippen molar-refractivity contribution < 1.29 is 9.59 Å². The first-order chi connectivity index (χ1) is 8.86. The molecule has 1 aliphatic heterocycles. The standard InChI is InChI=1S/C13H24N4O2/c1-13(2,14)12(19)17-7-5-16(6-8-17)9-11(18)15-10-3-4-10/h10H,3-9,14H2,1-2H3,(H,15,18). The lowest BCUT2D eigenvalue weighted by atomic mass is 10.0. The zero-order valence-corrected chi connectivity index (χ0v) is 11.8. The first kappa shape index (κ1) is 14.3. The van der Waals surface area contributed by atoms with E-state index >= 15 is 0 Å². The minimum absolute atomic E-state index is 0.0189. The third kappa shape index (κ3) is 4.18. The van der Waals surface area contributed by atoms with Crippen LogP contribution in [0.15, 0.2) is 0 Å². The SMILES string of the molecule is CC(C)(N)C(=O)N1CCN(CC(=O)NC2CC2)CC1. The summed E-state index contributed by atoms with van der Waals surface area (Å²) in [5, 5.41) is 2.98. The molecule has 0 aromatic rings. The van der Waals surface area contributed by atoms with Gasteiger partial charge in [0.15, 0.2) is 0 Å². The Hall–Kier alpha value is -1.14. The number of nitrogens with two attached hydrogens (primary N) is 1. The van der Waals surface area contributed by atoms with E-state index in [-0.39, 0.29) is 11.8 Å². The highest BCUT2D eigenvalue weighted by molar-refractivity contribution is 5.85. The summed E-state index contributed by atoms with van der Waals surface area (Å²) in [4.78, 5) is 27.6. The smallest absolute Gasteiger partial charge is 0.242 e. The van der Waals surface area contributed by atoms with Crippen LogP contribution in [0.25, 0.3) is 0 Å². The molecule has 1 saturated carbocycles. The van der Waals surface area contributed by atoms with E-state index in [1.165, 1.54) is 0 Å². The summed E-state index contributed by atoms with van der Waals surface area (Å²) in [7, 11) is 0. The van der Waals surface area contributed by atoms with Gasteiger partial charge >= 0.3 is 0 Å². The Kier molecular flexibility index (Phi) is 4.10. The van der Waals surface area contributed by atoms with Gasteiger partial charge in [-0.25, -0.2) is 0 Å². The van der Waals surface area contributed by atoms with Gasteiger partial charge < -0.3 is 16.0 Å². The first-order valence-corrected chi connectivity index (χ1v) is 6.96. The van der Waals surface area contributed by atoms with Crippen LogP contribution < -0.4 is 11.1 Å². The normalized spacial score (nSPS) is 21.3. The molecular formula is C13H24N4O2. The molecule has 1 heterocycles. The van der Waals surface area contributed by atoms with Crippen LogP contribution in [0, 0.1) is 0 Å². The quantitative estimate of drug-likeness (QED) is 0.696. The maximum Gasteiger partial charge on any atom is 0.242 e. The topological polar surface area (TPSA) is 78.7 Å². The van der Waals surface area contributed by atoms with Gasteiger partial charge in [-0.15, -0.1) is 0 Å². The van der Waals surface area contributed by atoms with Gasteiger partial charge in [0, 0.05) is 32.2 Å². The van der Waals surface area contributed by atoms with Crippen LogP contribution in [0.2, 0.25) is 0 Å². The molecule has 0 atom stereocenters. The summed E-state index contributed by atoms with van der Waals surface area (Å²) >= 11 is 0. The lowest BCUT2D eigenvalue weighted by Crippen LogP contribution is -2.57. The van der Waals surface area contributed by atoms with Crippen LogP contribution in [-0.4, -0.2) is 65.9 Å². The molecule has 2 aliphatic rings. The summed E-state index contributed by atoms with van der Waals surface area (Å²) in [6.07, 6.45) is 2.22. The number of nitrogens with one attached hydrogen (secondary N) is 1. The van der Waals surface area contributed by atoms with Gasteiger partial charge in [-0.2, -0.15) is 0 Å². The number of hydrogen-bond acceptors (Lipinski definition) is 4. The van der Waals surface area contributed by atoms with Crippen molar-refractivity contribution in [2.45, 2.75) is 38.3 Å². The molecule has 2 rings (SSSR count). The Morgan fingerprint density at radius 3 is 2.26 bits per heavy atom. The summed E-state index contributed by atoms with van der Waals surface area (Å²) in [5.74, 6) is 0.0796. The number of carbonyl (C=O) groups excluding carboxylic acids is 2. The van der Waals surface area contributed by atoms with Crippen LogP contribution in [0.1, 0.15) is 26.7 Å². The lowest BCUT2D eigenvalue weighted by Gasteiger charge is -2.37.